The molecule has 0 bridgehead atoms. The van der Waals surface area contributed by atoms with Crippen LogP contribution < -0.4 is 5.32 Å². The van der Waals surface area contributed by atoms with Gasteiger partial charge in [-0.05, 0) is 37.6 Å². The topological polar surface area (TPSA) is 52.6 Å². The van der Waals surface area contributed by atoms with Crippen LogP contribution in [-0.2, 0) is 11.3 Å². The number of para-hydroxylation sites is 1. The Morgan fingerprint density at radius 1 is 1.20 bits per heavy atom. The van der Waals surface area contributed by atoms with Gasteiger partial charge in [-0.25, -0.2) is 0 Å². The van der Waals surface area contributed by atoms with E-state index < -0.39 is 0 Å². The van der Waals surface area contributed by atoms with Crippen LogP contribution in [0.3, 0.4) is 0 Å². The van der Waals surface area contributed by atoms with Gasteiger partial charge in [0.1, 0.15) is 0 Å². The summed E-state index contributed by atoms with van der Waals surface area (Å²) in [6.07, 6.45) is 1.86. The molecule has 0 fully saturated rings. The zero-order chi connectivity index (χ0) is 14.8. The van der Waals surface area contributed by atoms with Gasteiger partial charge in [0.2, 0.25) is 5.91 Å². The van der Waals surface area contributed by atoms with E-state index in [1.54, 1.807) is 0 Å². The molecular formula is C16H26N2O2. The number of nitrogens with one attached hydrogen (secondary N) is 1. The van der Waals surface area contributed by atoms with E-state index in [0.717, 1.165) is 37.3 Å². The van der Waals surface area contributed by atoms with Crippen LogP contribution >= 0.6 is 0 Å². The van der Waals surface area contributed by atoms with E-state index >= 15 is 0 Å². The van der Waals surface area contributed by atoms with Gasteiger partial charge in [-0.2, -0.15) is 0 Å². The molecule has 0 spiro atoms. The molecule has 0 aliphatic heterocycles. The van der Waals surface area contributed by atoms with Crippen molar-refractivity contribution in [1.82, 2.24) is 4.90 Å². The molecule has 1 amide bonds. The molecule has 0 heterocycles. The van der Waals surface area contributed by atoms with Gasteiger partial charge in [0, 0.05) is 25.3 Å². The molecule has 112 valence electrons. The highest BCUT2D eigenvalue weighted by Crippen LogP contribution is 2.17. The quantitative estimate of drug-likeness (QED) is 0.683. The minimum absolute atomic E-state index is 0.0189. The molecule has 2 N–H and O–H groups in total. The first-order valence-electron chi connectivity index (χ1n) is 7.42. The Morgan fingerprint density at radius 3 is 2.55 bits per heavy atom. The minimum atomic E-state index is 0.0189. The maximum atomic E-state index is 11.9. The molecule has 0 unspecified atom stereocenters. The molecule has 20 heavy (non-hydrogen) atoms. The summed E-state index contributed by atoms with van der Waals surface area (Å²) in [6.45, 7) is 7.26. The number of carbonyl (C=O) groups excluding carboxylic acids is 1. The van der Waals surface area contributed by atoms with Crippen LogP contribution in [0.15, 0.2) is 24.3 Å². The van der Waals surface area contributed by atoms with Crippen molar-refractivity contribution in [2.24, 2.45) is 0 Å². The van der Waals surface area contributed by atoms with E-state index in [9.17, 15) is 4.79 Å². The highest BCUT2D eigenvalue weighted by molar-refractivity contribution is 5.91. The number of aliphatic hydroxyl groups excluding tert-OH is 1. The zero-order valence-electron chi connectivity index (χ0n) is 12.6. The lowest BCUT2D eigenvalue weighted by atomic mass is 10.1. The number of rotatable bonds is 9. The van der Waals surface area contributed by atoms with Gasteiger partial charge in [0.25, 0.3) is 0 Å². The lowest BCUT2D eigenvalue weighted by Gasteiger charge is -2.20. The summed E-state index contributed by atoms with van der Waals surface area (Å²) in [5.74, 6) is 0.0189. The second-order valence-electron chi connectivity index (χ2n) is 4.85. The van der Waals surface area contributed by atoms with Crippen molar-refractivity contribution >= 4 is 11.6 Å². The van der Waals surface area contributed by atoms with Crippen molar-refractivity contribution in [2.75, 3.05) is 25.0 Å². The normalized spacial score (nSPS) is 10.8. The average Bonchev–Trinajstić information content (AvgIpc) is 2.46. The first-order chi connectivity index (χ1) is 9.71. The van der Waals surface area contributed by atoms with E-state index in [-0.39, 0.29) is 12.5 Å². The Morgan fingerprint density at radius 2 is 1.90 bits per heavy atom. The SMILES string of the molecule is CCN(CC)Cc1ccccc1NC(=O)CCCCO. The van der Waals surface area contributed by atoms with E-state index in [1.165, 1.54) is 0 Å². The fourth-order valence-electron chi connectivity index (χ4n) is 2.08. The molecule has 0 aliphatic rings. The molecule has 0 radical (unpaired) electrons. The maximum Gasteiger partial charge on any atom is 0.224 e. The fraction of sp³-hybridized carbons (Fsp3) is 0.562. The van der Waals surface area contributed by atoms with Crippen LogP contribution in [0.2, 0.25) is 0 Å². The third-order valence-electron chi connectivity index (χ3n) is 3.39. The predicted molar refractivity (Wildman–Crippen MR) is 82.6 cm³/mol. The Bertz CT molecular complexity index is 403. The van der Waals surface area contributed by atoms with Crippen LogP contribution in [0.25, 0.3) is 0 Å². The predicted octanol–water partition coefficient (Wildman–Crippen LogP) is 2.63. The number of carbonyl (C=O) groups is 1. The standard InChI is InChI=1S/C16H26N2O2/c1-3-18(4-2)13-14-9-5-6-10-15(14)17-16(20)11-7-8-12-19/h5-6,9-10,19H,3-4,7-8,11-13H2,1-2H3,(H,17,20). The van der Waals surface area contributed by atoms with Crippen LogP contribution in [0.1, 0.15) is 38.7 Å². The molecule has 0 saturated heterocycles. The van der Waals surface area contributed by atoms with Gasteiger partial charge >= 0.3 is 0 Å². The first-order valence-corrected chi connectivity index (χ1v) is 7.42. The summed E-state index contributed by atoms with van der Waals surface area (Å²) >= 11 is 0. The molecule has 1 aromatic rings. The molecule has 0 atom stereocenters. The highest BCUT2D eigenvalue weighted by atomic mass is 16.2. The summed E-state index contributed by atoms with van der Waals surface area (Å²) in [5.41, 5.74) is 2.04. The van der Waals surface area contributed by atoms with Crippen LogP contribution in [0.4, 0.5) is 5.69 Å². The number of aliphatic hydroxyl groups is 1. The van der Waals surface area contributed by atoms with Crippen molar-refractivity contribution < 1.29 is 9.90 Å². The number of benzene rings is 1. The van der Waals surface area contributed by atoms with Crippen LogP contribution in [-0.4, -0.2) is 35.6 Å². The fourth-order valence-corrected chi connectivity index (χ4v) is 2.08. The van der Waals surface area contributed by atoms with E-state index in [2.05, 4.69) is 30.1 Å². The Balaban J connectivity index is 2.62. The summed E-state index contributed by atoms with van der Waals surface area (Å²) in [5, 5.41) is 11.7. The van der Waals surface area contributed by atoms with Gasteiger partial charge in [0.15, 0.2) is 0 Å². The molecule has 1 rings (SSSR count). The number of hydrogen-bond donors (Lipinski definition) is 2. The Hall–Kier alpha value is -1.39. The third kappa shape index (κ3) is 5.72. The van der Waals surface area contributed by atoms with Gasteiger partial charge in [-0.15, -0.1) is 0 Å². The van der Waals surface area contributed by atoms with Crippen molar-refractivity contribution in [3.63, 3.8) is 0 Å². The monoisotopic (exact) mass is 278 g/mol. The lowest BCUT2D eigenvalue weighted by molar-refractivity contribution is -0.116. The molecule has 4 nitrogen and oxygen atoms in total. The van der Waals surface area contributed by atoms with Crippen molar-refractivity contribution in [2.45, 2.75) is 39.7 Å². The maximum absolute atomic E-state index is 11.9. The van der Waals surface area contributed by atoms with Crippen LogP contribution in [0, 0.1) is 0 Å². The molecule has 0 saturated carbocycles. The molecule has 0 aromatic heterocycles. The third-order valence-corrected chi connectivity index (χ3v) is 3.39. The number of nitrogens with zero attached hydrogens (tertiary/aromatic N) is 1. The van der Waals surface area contributed by atoms with Gasteiger partial charge in [0.05, 0.1) is 0 Å². The summed E-state index contributed by atoms with van der Waals surface area (Å²) < 4.78 is 0. The summed E-state index contributed by atoms with van der Waals surface area (Å²) in [7, 11) is 0. The van der Waals surface area contributed by atoms with E-state index in [0.29, 0.717) is 12.8 Å². The van der Waals surface area contributed by atoms with Gasteiger partial charge in [-0.3, -0.25) is 9.69 Å². The summed E-state index contributed by atoms with van der Waals surface area (Å²) in [6, 6.07) is 7.94. The van der Waals surface area contributed by atoms with Gasteiger partial charge in [-0.1, -0.05) is 32.0 Å². The second-order valence-corrected chi connectivity index (χ2v) is 4.85. The second kappa shape index (κ2) is 9.50. The first kappa shape index (κ1) is 16.7. The Labute approximate surface area is 121 Å². The zero-order valence-corrected chi connectivity index (χ0v) is 12.6. The van der Waals surface area contributed by atoms with Crippen molar-refractivity contribution in [3.05, 3.63) is 29.8 Å². The Kier molecular flexibility index (Phi) is 7.92. The van der Waals surface area contributed by atoms with Crippen molar-refractivity contribution in [1.29, 1.82) is 0 Å². The smallest absolute Gasteiger partial charge is 0.224 e. The molecular weight excluding hydrogens is 252 g/mol. The van der Waals surface area contributed by atoms with E-state index in [4.69, 9.17) is 5.11 Å². The minimum Gasteiger partial charge on any atom is -0.396 e. The van der Waals surface area contributed by atoms with Crippen LogP contribution in [0.5, 0.6) is 0 Å². The number of unbranched alkanes of at least 4 members (excludes halogenated alkanes) is 1. The molecule has 1 aromatic carbocycles. The van der Waals surface area contributed by atoms with Gasteiger partial charge < -0.3 is 10.4 Å². The highest BCUT2D eigenvalue weighted by Gasteiger charge is 2.08. The molecule has 4 heteroatoms. The van der Waals surface area contributed by atoms with Crippen molar-refractivity contribution in [3.8, 4) is 0 Å². The number of anilines is 1. The number of amides is 1. The largest absolute Gasteiger partial charge is 0.396 e. The number of hydrogen-bond acceptors (Lipinski definition) is 3. The average molecular weight is 278 g/mol. The molecule has 0 aliphatic carbocycles. The summed E-state index contributed by atoms with van der Waals surface area (Å²) in [4.78, 5) is 14.2. The lowest BCUT2D eigenvalue weighted by Crippen LogP contribution is -2.23. The van der Waals surface area contributed by atoms with E-state index in [1.807, 2.05) is 18.2 Å².